The number of methoxy groups -OCH3 is 3. The molecule has 1 heterocycles. The number of hydrogen-bond donors (Lipinski definition) is 2. The van der Waals surface area contributed by atoms with Gasteiger partial charge in [-0.2, -0.15) is 0 Å². The molecule has 0 unspecified atom stereocenters. The number of carbonyl (C=O) groups excluding carboxylic acids is 1. The van der Waals surface area contributed by atoms with Gasteiger partial charge >= 0.3 is 11.9 Å². The zero-order valence-corrected chi connectivity index (χ0v) is 18.8. The number of nitrogens with zero attached hydrogens (tertiary/aromatic N) is 2. The van der Waals surface area contributed by atoms with Gasteiger partial charge < -0.3 is 29.3 Å². The second kappa shape index (κ2) is 12.3. The van der Waals surface area contributed by atoms with E-state index in [0.29, 0.717) is 30.2 Å². The van der Waals surface area contributed by atoms with Crippen molar-refractivity contribution in [3.63, 3.8) is 0 Å². The van der Waals surface area contributed by atoms with E-state index in [9.17, 15) is 4.79 Å². The summed E-state index contributed by atoms with van der Waals surface area (Å²) in [6.45, 7) is 3.83. The highest BCUT2D eigenvalue weighted by atomic mass is 16.5. The number of carboxylic acids is 2. The molecule has 1 fully saturated rings. The van der Waals surface area contributed by atoms with Crippen molar-refractivity contribution in [1.82, 2.24) is 9.80 Å². The van der Waals surface area contributed by atoms with E-state index in [4.69, 9.17) is 34.0 Å². The van der Waals surface area contributed by atoms with Crippen molar-refractivity contribution in [3.05, 3.63) is 53.6 Å². The smallest absolute Gasteiger partial charge is 0.414 e. The van der Waals surface area contributed by atoms with Gasteiger partial charge in [-0.15, -0.1) is 0 Å². The number of benzene rings is 2. The summed E-state index contributed by atoms with van der Waals surface area (Å²) in [4.78, 5) is 35.4. The molecule has 1 amide bonds. The number of rotatable bonds is 6. The summed E-state index contributed by atoms with van der Waals surface area (Å²) in [5.41, 5.74) is 1.70. The summed E-state index contributed by atoms with van der Waals surface area (Å²) in [7, 11) is 4.81. The first-order chi connectivity index (χ1) is 15.8. The Morgan fingerprint density at radius 3 is 1.85 bits per heavy atom. The molecule has 33 heavy (non-hydrogen) atoms. The minimum Gasteiger partial charge on any atom is -0.497 e. The second-order valence-electron chi connectivity index (χ2n) is 7.07. The number of hydrogen-bond acceptors (Lipinski definition) is 7. The van der Waals surface area contributed by atoms with E-state index in [1.807, 2.05) is 23.1 Å². The lowest BCUT2D eigenvalue weighted by Gasteiger charge is -2.35. The van der Waals surface area contributed by atoms with Crippen molar-refractivity contribution in [2.24, 2.45) is 0 Å². The molecule has 2 N–H and O–H groups in total. The standard InChI is InChI=1S/C21H26N2O4.C2H2O4/c1-25-17-7-4-6-16(14-17)15-22-10-12-23(13-11-22)21(24)20-18(26-2)8-5-9-19(20)27-3;3-1(4)2(5)6/h4-9,14H,10-13,15H2,1-3H3;(H,3,4)(H,5,6). The van der Waals surface area contributed by atoms with Crippen LogP contribution in [0.4, 0.5) is 0 Å². The number of ether oxygens (including phenoxy) is 3. The minimum absolute atomic E-state index is 0.0506. The number of piperazine rings is 1. The molecule has 0 atom stereocenters. The Labute approximate surface area is 191 Å². The predicted octanol–water partition coefficient (Wildman–Crippen LogP) is 1.83. The molecule has 10 heteroatoms. The maximum atomic E-state index is 13.0. The molecule has 10 nitrogen and oxygen atoms in total. The monoisotopic (exact) mass is 460 g/mol. The summed E-state index contributed by atoms with van der Waals surface area (Å²) >= 11 is 0. The molecule has 0 aliphatic carbocycles. The fraction of sp³-hybridized carbons (Fsp3) is 0.348. The average molecular weight is 460 g/mol. The van der Waals surface area contributed by atoms with Crippen LogP contribution in [0, 0.1) is 0 Å². The van der Waals surface area contributed by atoms with E-state index in [-0.39, 0.29) is 5.91 Å². The van der Waals surface area contributed by atoms with E-state index in [2.05, 4.69) is 17.0 Å². The van der Waals surface area contributed by atoms with Gasteiger partial charge in [0.25, 0.3) is 5.91 Å². The van der Waals surface area contributed by atoms with Crippen molar-refractivity contribution >= 4 is 17.8 Å². The van der Waals surface area contributed by atoms with Gasteiger partial charge in [-0.1, -0.05) is 18.2 Å². The Balaban J connectivity index is 0.000000569. The Bertz CT molecular complexity index is 936. The Morgan fingerprint density at radius 1 is 0.818 bits per heavy atom. The van der Waals surface area contributed by atoms with Crippen LogP contribution in [-0.2, 0) is 16.1 Å². The van der Waals surface area contributed by atoms with Crippen molar-refractivity contribution < 1.29 is 38.8 Å². The highest BCUT2D eigenvalue weighted by Crippen LogP contribution is 2.30. The zero-order valence-electron chi connectivity index (χ0n) is 18.8. The number of amides is 1. The Kier molecular flexibility index (Phi) is 9.49. The molecule has 2 aromatic rings. The van der Waals surface area contributed by atoms with Crippen molar-refractivity contribution in [2.45, 2.75) is 6.54 Å². The molecule has 3 rings (SSSR count). The van der Waals surface area contributed by atoms with Crippen LogP contribution in [0.2, 0.25) is 0 Å². The van der Waals surface area contributed by atoms with E-state index < -0.39 is 11.9 Å². The second-order valence-corrected chi connectivity index (χ2v) is 7.07. The summed E-state index contributed by atoms with van der Waals surface area (Å²) in [6.07, 6.45) is 0. The van der Waals surface area contributed by atoms with Gasteiger partial charge in [0, 0.05) is 32.7 Å². The number of aliphatic carboxylic acids is 2. The molecule has 0 radical (unpaired) electrons. The van der Waals surface area contributed by atoms with Crippen LogP contribution in [0.3, 0.4) is 0 Å². The summed E-state index contributed by atoms with van der Waals surface area (Å²) < 4.78 is 16.0. The summed E-state index contributed by atoms with van der Waals surface area (Å²) in [6, 6.07) is 13.5. The molecule has 1 aliphatic rings. The van der Waals surface area contributed by atoms with Crippen LogP contribution in [0.1, 0.15) is 15.9 Å². The number of carboxylic acid groups (broad SMARTS) is 2. The van der Waals surface area contributed by atoms with Crippen LogP contribution in [0.25, 0.3) is 0 Å². The highest BCUT2D eigenvalue weighted by molar-refractivity contribution is 6.27. The fourth-order valence-corrected chi connectivity index (χ4v) is 3.36. The summed E-state index contributed by atoms with van der Waals surface area (Å²) in [5.74, 6) is -1.75. The third kappa shape index (κ3) is 7.11. The zero-order chi connectivity index (χ0) is 24.4. The minimum atomic E-state index is -1.82. The fourth-order valence-electron chi connectivity index (χ4n) is 3.36. The largest absolute Gasteiger partial charge is 0.497 e. The van der Waals surface area contributed by atoms with Crippen molar-refractivity contribution in [1.29, 1.82) is 0 Å². The van der Waals surface area contributed by atoms with Crippen molar-refractivity contribution in [3.8, 4) is 17.2 Å². The van der Waals surface area contributed by atoms with Crippen LogP contribution < -0.4 is 14.2 Å². The molecule has 0 saturated carbocycles. The van der Waals surface area contributed by atoms with Crippen molar-refractivity contribution in [2.75, 3.05) is 47.5 Å². The van der Waals surface area contributed by atoms with Crippen LogP contribution >= 0.6 is 0 Å². The van der Waals surface area contributed by atoms with Crippen LogP contribution in [0.5, 0.6) is 17.2 Å². The first-order valence-corrected chi connectivity index (χ1v) is 10.1. The Hall–Kier alpha value is -3.79. The van der Waals surface area contributed by atoms with Gasteiger partial charge in [-0.05, 0) is 29.8 Å². The summed E-state index contributed by atoms with van der Waals surface area (Å²) in [5, 5.41) is 14.8. The lowest BCUT2D eigenvalue weighted by molar-refractivity contribution is -0.159. The van der Waals surface area contributed by atoms with Crippen LogP contribution in [0.15, 0.2) is 42.5 Å². The van der Waals surface area contributed by atoms with Gasteiger partial charge in [0.2, 0.25) is 0 Å². The Morgan fingerprint density at radius 2 is 1.36 bits per heavy atom. The third-order valence-electron chi connectivity index (χ3n) is 5.02. The van der Waals surface area contributed by atoms with Gasteiger partial charge in [0.05, 0.1) is 21.3 Å². The number of carbonyl (C=O) groups is 3. The lowest BCUT2D eigenvalue weighted by Crippen LogP contribution is -2.48. The van der Waals surface area contributed by atoms with Crippen LogP contribution in [-0.4, -0.2) is 85.4 Å². The molecule has 178 valence electrons. The van der Waals surface area contributed by atoms with E-state index in [1.165, 1.54) is 5.56 Å². The first-order valence-electron chi connectivity index (χ1n) is 10.1. The van der Waals surface area contributed by atoms with E-state index in [0.717, 1.165) is 25.4 Å². The first kappa shape index (κ1) is 25.5. The molecule has 2 aromatic carbocycles. The predicted molar refractivity (Wildman–Crippen MR) is 119 cm³/mol. The normalized spacial score (nSPS) is 13.4. The van der Waals surface area contributed by atoms with E-state index >= 15 is 0 Å². The average Bonchev–Trinajstić information content (AvgIpc) is 2.84. The molecule has 0 aromatic heterocycles. The molecule has 1 aliphatic heterocycles. The SMILES string of the molecule is COc1cccc(CN2CCN(C(=O)c3c(OC)cccc3OC)CC2)c1.O=C(O)C(=O)O. The van der Waals surface area contributed by atoms with Gasteiger partial charge in [-0.3, -0.25) is 9.69 Å². The van der Waals surface area contributed by atoms with Gasteiger partial charge in [0.1, 0.15) is 22.8 Å². The topological polar surface area (TPSA) is 126 Å². The van der Waals surface area contributed by atoms with Gasteiger partial charge in [0.15, 0.2) is 0 Å². The highest BCUT2D eigenvalue weighted by Gasteiger charge is 2.27. The molecule has 1 saturated heterocycles. The maximum absolute atomic E-state index is 13.0. The maximum Gasteiger partial charge on any atom is 0.414 e. The molecule has 0 spiro atoms. The molecular weight excluding hydrogens is 432 g/mol. The van der Waals surface area contributed by atoms with Gasteiger partial charge in [-0.25, -0.2) is 9.59 Å². The molecule has 0 bridgehead atoms. The molecular formula is C23H28N2O8. The quantitative estimate of drug-likeness (QED) is 0.621. The van der Waals surface area contributed by atoms with E-state index in [1.54, 1.807) is 33.5 Å². The lowest BCUT2D eigenvalue weighted by atomic mass is 10.1. The third-order valence-corrected chi connectivity index (χ3v) is 5.02.